The Morgan fingerprint density at radius 2 is 1.94 bits per heavy atom. The van der Waals surface area contributed by atoms with Crippen molar-refractivity contribution in [1.82, 2.24) is 0 Å². The van der Waals surface area contributed by atoms with Gasteiger partial charge in [-0.3, -0.25) is 0 Å². The van der Waals surface area contributed by atoms with Crippen molar-refractivity contribution in [2.75, 3.05) is 6.61 Å². The maximum atomic E-state index is 11.1. The summed E-state index contributed by atoms with van der Waals surface area (Å²) in [6, 6.07) is 7.51. The lowest BCUT2D eigenvalue weighted by Crippen LogP contribution is -2.00. The van der Waals surface area contributed by atoms with Crippen LogP contribution in [0.15, 0.2) is 30.3 Å². The molecule has 1 N–H and O–H groups in total. The van der Waals surface area contributed by atoms with Gasteiger partial charge in [0.05, 0.1) is 12.7 Å². The van der Waals surface area contributed by atoms with Gasteiger partial charge in [0.2, 0.25) is 0 Å². The number of ether oxygens (including phenoxy) is 1. The predicted molar refractivity (Wildman–Crippen MR) is 67.7 cm³/mol. The normalized spacial score (nSPS) is 11.3. The Morgan fingerprint density at radius 1 is 1.29 bits per heavy atom. The molecule has 0 spiro atoms. The molecule has 0 heterocycles. The van der Waals surface area contributed by atoms with Gasteiger partial charge in [0, 0.05) is 5.56 Å². The highest BCUT2D eigenvalue weighted by molar-refractivity contribution is 5.89. The Hall–Kier alpha value is -1.77. The zero-order valence-corrected chi connectivity index (χ0v) is 10.3. The third kappa shape index (κ3) is 4.31. The number of esters is 1. The lowest BCUT2D eigenvalue weighted by molar-refractivity contribution is -0.137. The zero-order valence-electron chi connectivity index (χ0n) is 10.3. The number of benzene rings is 1. The first-order chi connectivity index (χ1) is 8.17. The Balaban J connectivity index is 2.75. The van der Waals surface area contributed by atoms with E-state index in [1.165, 1.54) is 5.56 Å². The van der Waals surface area contributed by atoms with Gasteiger partial charge in [0.1, 0.15) is 5.76 Å². The summed E-state index contributed by atoms with van der Waals surface area (Å²) in [5.41, 5.74) is 1.85. The predicted octanol–water partition coefficient (Wildman–Crippen LogP) is 3.10. The summed E-state index contributed by atoms with van der Waals surface area (Å²) in [5.74, 6) is -0.589. The number of rotatable bonds is 5. The van der Waals surface area contributed by atoms with E-state index >= 15 is 0 Å². The monoisotopic (exact) mass is 234 g/mol. The van der Waals surface area contributed by atoms with E-state index in [1.54, 1.807) is 19.1 Å². The molecule has 0 radical (unpaired) electrons. The number of carbonyl (C=O) groups is 1. The first-order valence-corrected chi connectivity index (χ1v) is 5.84. The van der Waals surface area contributed by atoms with Crippen LogP contribution in [0.5, 0.6) is 0 Å². The molecule has 0 fully saturated rings. The molecule has 0 aromatic heterocycles. The SMILES string of the molecule is CCCc1ccc(C(O)=CC(=O)OCC)cc1. The quantitative estimate of drug-likeness (QED) is 0.484. The number of aliphatic hydroxyl groups excluding tert-OH is 1. The topological polar surface area (TPSA) is 46.5 Å². The molecule has 0 aliphatic carbocycles. The van der Waals surface area contributed by atoms with Crippen LogP contribution in [0.25, 0.3) is 5.76 Å². The van der Waals surface area contributed by atoms with E-state index in [2.05, 4.69) is 6.92 Å². The highest BCUT2D eigenvalue weighted by atomic mass is 16.5. The molecule has 0 aliphatic heterocycles. The molecule has 1 rings (SSSR count). The van der Waals surface area contributed by atoms with Crippen molar-refractivity contribution in [1.29, 1.82) is 0 Å². The van der Waals surface area contributed by atoms with Gasteiger partial charge in [-0.15, -0.1) is 0 Å². The number of hydrogen-bond donors (Lipinski definition) is 1. The molecule has 0 saturated carbocycles. The molecule has 3 nitrogen and oxygen atoms in total. The molecular weight excluding hydrogens is 216 g/mol. The summed E-state index contributed by atoms with van der Waals surface area (Å²) >= 11 is 0. The van der Waals surface area contributed by atoms with E-state index in [4.69, 9.17) is 4.74 Å². The second-order valence-electron chi connectivity index (χ2n) is 3.73. The van der Waals surface area contributed by atoms with Gasteiger partial charge in [-0.2, -0.15) is 0 Å². The fraction of sp³-hybridized carbons (Fsp3) is 0.357. The highest BCUT2D eigenvalue weighted by Crippen LogP contribution is 2.13. The molecule has 0 saturated heterocycles. The highest BCUT2D eigenvalue weighted by Gasteiger charge is 2.03. The van der Waals surface area contributed by atoms with E-state index in [-0.39, 0.29) is 5.76 Å². The van der Waals surface area contributed by atoms with E-state index in [9.17, 15) is 9.90 Å². The molecule has 0 unspecified atom stereocenters. The summed E-state index contributed by atoms with van der Waals surface area (Å²) < 4.78 is 4.72. The van der Waals surface area contributed by atoms with Crippen LogP contribution in [0.1, 0.15) is 31.4 Å². The number of aliphatic hydroxyl groups is 1. The Kier molecular flexibility index (Phi) is 5.27. The molecule has 1 aromatic rings. The van der Waals surface area contributed by atoms with Gasteiger partial charge in [-0.1, -0.05) is 37.6 Å². The molecule has 0 amide bonds. The van der Waals surface area contributed by atoms with E-state index in [0.29, 0.717) is 12.2 Å². The van der Waals surface area contributed by atoms with Crippen molar-refractivity contribution >= 4 is 11.7 Å². The lowest BCUT2D eigenvalue weighted by Gasteiger charge is -2.03. The fourth-order valence-corrected chi connectivity index (χ4v) is 1.51. The van der Waals surface area contributed by atoms with Gasteiger partial charge in [-0.25, -0.2) is 4.79 Å². The van der Waals surface area contributed by atoms with Gasteiger partial charge < -0.3 is 9.84 Å². The molecule has 17 heavy (non-hydrogen) atoms. The molecule has 0 bridgehead atoms. The van der Waals surface area contributed by atoms with Gasteiger partial charge in [0.15, 0.2) is 0 Å². The molecular formula is C14H18O3. The van der Waals surface area contributed by atoms with Crippen LogP contribution >= 0.6 is 0 Å². The lowest BCUT2D eigenvalue weighted by atomic mass is 10.1. The van der Waals surface area contributed by atoms with Crippen LogP contribution in [0.2, 0.25) is 0 Å². The standard InChI is InChI=1S/C14H18O3/c1-3-5-11-6-8-12(9-7-11)13(15)10-14(16)17-4-2/h6-10,15H,3-5H2,1-2H3. The van der Waals surface area contributed by atoms with Crippen LogP contribution in [-0.2, 0) is 16.0 Å². The Morgan fingerprint density at radius 3 is 2.47 bits per heavy atom. The van der Waals surface area contributed by atoms with Gasteiger partial charge in [0.25, 0.3) is 0 Å². The van der Waals surface area contributed by atoms with E-state index in [0.717, 1.165) is 18.9 Å². The van der Waals surface area contributed by atoms with Crippen molar-refractivity contribution in [3.63, 3.8) is 0 Å². The van der Waals surface area contributed by atoms with Gasteiger partial charge in [-0.05, 0) is 18.9 Å². The van der Waals surface area contributed by atoms with Crippen LogP contribution in [0.4, 0.5) is 0 Å². The van der Waals surface area contributed by atoms with Crippen molar-refractivity contribution in [2.24, 2.45) is 0 Å². The Bertz CT molecular complexity index is 390. The minimum Gasteiger partial charge on any atom is -0.507 e. The first-order valence-electron chi connectivity index (χ1n) is 5.84. The Labute approximate surface area is 102 Å². The summed E-state index contributed by atoms with van der Waals surface area (Å²) in [4.78, 5) is 11.1. The molecule has 92 valence electrons. The van der Waals surface area contributed by atoms with E-state index in [1.807, 2.05) is 12.1 Å². The van der Waals surface area contributed by atoms with Crippen LogP contribution in [0, 0.1) is 0 Å². The average molecular weight is 234 g/mol. The smallest absolute Gasteiger partial charge is 0.334 e. The summed E-state index contributed by atoms with van der Waals surface area (Å²) in [6.45, 7) is 4.15. The average Bonchev–Trinajstić information content (AvgIpc) is 2.30. The van der Waals surface area contributed by atoms with Crippen molar-refractivity contribution < 1.29 is 14.6 Å². The minimum absolute atomic E-state index is 0.0634. The third-order valence-corrected chi connectivity index (χ3v) is 2.33. The summed E-state index contributed by atoms with van der Waals surface area (Å²) in [5, 5.41) is 9.70. The zero-order chi connectivity index (χ0) is 12.7. The second kappa shape index (κ2) is 6.74. The number of carbonyl (C=O) groups excluding carboxylic acids is 1. The second-order valence-corrected chi connectivity index (χ2v) is 3.73. The van der Waals surface area contributed by atoms with Crippen LogP contribution < -0.4 is 0 Å². The van der Waals surface area contributed by atoms with Gasteiger partial charge >= 0.3 is 5.97 Å². The van der Waals surface area contributed by atoms with Crippen LogP contribution in [-0.4, -0.2) is 17.7 Å². The van der Waals surface area contributed by atoms with E-state index < -0.39 is 5.97 Å². The maximum absolute atomic E-state index is 11.1. The van der Waals surface area contributed by atoms with Crippen LogP contribution in [0.3, 0.4) is 0 Å². The molecule has 0 atom stereocenters. The number of hydrogen-bond acceptors (Lipinski definition) is 3. The first kappa shape index (κ1) is 13.3. The van der Waals surface area contributed by atoms with Crippen molar-refractivity contribution in [3.05, 3.63) is 41.5 Å². The van der Waals surface area contributed by atoms with Crippen molar-refractivity contribution in [2.45, 2.75) is 26.7 Å². The molecule has 1 aromatic carbocycles. The summed E-state index contributed by atoms with van der Waals surface area (Å²) in [6.07, 6.45) is 3.20. The summed E-state index contributed by atoms with van der Waals surface area (Å²) in [7, 11) is 0. The third-order valence-electron chi connectivity index (χ3n) is 2.33. The maximum Gasteiger partial charge on any atom is 0.334 e. The fourth-order valence-electron chi connectivity index (χ4n) is 1.51. The number of aryl methyl sites for hydroxylation is 1. The molecule has 3 heteroatoms. The van der Waals surface area contributed by atoms with Crippen molar-refractivity contribution in [3.8, 4) is 0 Å². The molecule has 0 aliphatic rings. The minimum atomic E-state index is -0.525. The largest absolute Gasteiger partial charge is 0.507 e.